The molecule has 1 N–H and O–H groups in total. The highest BCUT2D eigenvalue weighted by atomic mass is 16.2. The maximum absolute atomic E-state index is 12.5. The molecule has 19 heavy (non-hydrogen) atoms. The first-order chi connectivity index (χ1) is 9.28. The second kappa shape index (κ2) is 5.17. The number of aromatic nitrogens is 1. The van der Waals surface area contributed by atoms with Gasteiger partial charge in [-0.15, -0.1) is 0 Å². The molecular weight excluding hydrogens is 240 g/mol. The number of amides is 1. The molecule has 0 aliphatic carbocycles. The summed E-state index contributed by atoms with van der Waals surface area (Å²) in [5.41, 5.74) is 1.47. The van der Waals surface area contributed by atoms with E-state index < -0.39 is 0 Å². The number of piperazine rings is 1. The van der Waals surface area contributed by atoms with Crippen molar-refractivity contribution in [2.75, 3.05) is 38.5 Å². The van der Waals surface area contributed by atoms with Crippen LogP contribution in [0.15, 0.2) is 18.3 Å². The number of anilines is 1. The Kier molecular flexibility index (Phi) is 3.38. The largest absolute Gasteiger partial charge is 0.388 e. The van der Waals surface area contributed by atoms with E-state index in [9.17, 15) is 4.79 Å². The van der Waals surface area contributed by atoms with Gasteiger partial charge in [-0.2, -0.15) is 0 Å². The molecule has 5 nitrogen and oxygen atoms in total. The van der Waals surface area contributed by atoms with E-state index in [0.717, 1.165) is 25.3 Å². The standard InChI is InChI=1S/C14H20N4O/c1-15-11-4-5-16-13(9-11)14(19)18-8-7-17-6-2-3-12(17)10-18/h4-5,9,12H,2-3,6-8,10H2,1H3,(H,15,16). The van der Waals surface area contributed by atoms with Crippen LogP contribution in [-0.4, -0.2) is 60.0 Å². The molecule has 1 unspecified atom stereocenters. The summed E-state index contributed by atoms with van der Waals surface area (Å²) in [6.45, 7) is 3.87. The van der Waals surface area contributed by atoms with E-state index in [1.165, 1.54) is 19.4 Å². The third-order valence-corrected chi connectivity index (χ3v) is 4.14. The Morgan fingerprint density at radius 3 is 3.16 bits per heavy atom. The van der Waals surface area contributed by atoms with Gasteiger partial charge in [-0.05, 0) is 31.5 Å². The lowest BCUT2D eigenvalue weighted by molar-refractivity contribution is 0.0566. The van der Waals surface area contributed by atoms with E-state index in [-0.39, 0.29) is 5.91 Å². The van der Waals surface area contributed by atoms with Gasteiger partial charge in [-0.3, -0.25) is 14.7 Å². The highest BCUT2D eigenvalue weighted by molar-refractivity contribution is 5.93. The van der Waals surface area contributed by atoms with Gasteiger partial charge >= 0.3 is 0 Å². The van der Waals surface area contributed by atoms with Crippen molar-refractivity contribution < 1.29 is 4.79 Å². The fraction of sp³-hybridized carbons (Fsp3) is 0.571. The Labute approximate surface area is 113 Å². The van der Waals surface area contributed by atoms with Crippen LogP contribution in [0.3, 0.4) is 0 Å². The van der Waals surface area contributed by atoms with Crippen LogP contribution < -0.4 is 5.32 Å². The highest BCUT2D eigenvalue weighted by Crippen LogP contribution is 2.22. The molecule has 1 aromatic rings. The molecule has 0 aromatic carbocycles. The molecule has 2 aliphatic rings. The third-order valence-electron chi connectivity index (χ3n) is 4.14. The van der Waals surface area contributed by atoms with E-state index >= 15 is 0 Å². The third kappa shape index (κ3) is 2.42. The zero-order chi connectivity index (χ0) is 13.2. The summed E-state index contributed by atoms with van der Waals surface area (Å²) in [5, 5.41) is 3.04. The fourth-order valence-electron chi connectivity index (χ4n) is 3.04. The van der Waals surface area contributed by atoms with Gasteiger partial charge in [-0.25, -0.2) is 0 Å². The molecule has 2 saturated heterocycles. The van der Waals surface area contributed by atoms with Gasteiger partial charge in [0.05, 0.1) is 0 Å². The van der Waals surface area contributed by atoms with E-state index in [1.54, 1.807) is 6.20 Å². The van der Waals surface area contributed by atoms with Gasteiger partial charge in [0.2, 0.25) is 0 Å². The number of carbonyl (C=O) groups is 1. The average Bonchev–Trinajstić information content (AvgIpc) is 2.94. The Bertz CT molecular complexity index is 476. The number of hydrogen-bond acceptors (Lipinski definition) is 4. The Morgan fingerprint density at radius 2 is 2.32 bits per heavy atom. The smallest absolute Gasteiger partial charge is 0.272 e. The predicted octanol–water partition coefficient (Wildman–Crippen LogP) is 1.04. The number of rotatable bonds is 2. The van der Waals surface area contributed by atoms with Crippen LogP contribution in [0, 0.1) is 0 Å². The molecular formula is C14H20N4O. The fourth-order valence-corrected chi connectivity index (χ4v) is 3.04. The molecule has 1 amide bonds. The molecule has 0 saturated carbocycles. The highest BCUT2D eigenvalue weighted by Gasteiger charge is 2.33. The van der Waals surface area contributed by atoms with E-state index in [2.05, 4.69) is 15.2 Å². The van der Waals surface area contributed by atoms with Gasteiger partial charge in [0.25, 0.3) is 5.91 Å². The van der Waals surface area contributed by atoms with Crippen molar-refractivity contribution in [1.82, 2.24) is 14.8 Å². The molecule has 3 rings (SSSR count). The molecule has 3 heterocycles. The van der Waals surface area contributed by atoms with Crippen molar-refractivity contribution in [3.63, 3.8) is 0 Å². The minimum absolute atomic E-state index is 0.0589. The van der Waals surface area contributed by atoms with Crippen molar-refractivity contribution in [2.45, 2.75) is 18.9 Å². The monoisotopic (exact) mass is 260 g/mol. The first-order valence-corrected chi connectivity index (χ1v) is 6.95. The van der Waals surface area contributed by atoms with Crippen LogP contribution in [0.5, 0.6) is 0 Å². The lowest BCUT2D eigenvalue weighted by atomic mass is 10.1. The van der Waals surface area contributed by atoms with Crippen molar-refractivity contribution in [3.05, 3.63) is 24.0 Å². The molecule has 0 radical (unpaired) electrons. The van der Waals surface area contributed by atoms with Gasteiger partial charge < -0.3 is 10.2 Å². The van der Waals surface area contributed by atoms with E-state index in [1.807, 2.05) is 24.1 Å². The first kappa shape index (κ1) is 12.4. The number of carbonyl (C=O) groups excluding carboxylic acids is 1. The quantitative estimate of drug-likeness (QED) is 0.863. The summed E-state index contributed by atoms with van der Waals surface area (Å²) in [6, 6.07) is 4.25. The van der Waals surface area contributed by atoms with Crippen molar-refractivity contribution in [1.29, 1.82) is 0 Å². The maximum Gasteiger partial charge on any atom is 0.272 e. The maximum atomic E-state index is 12.5. The molecule has 102 valence electrons. The summed E-state index contributed by atoms with van der Waals surface area (Å²) in [7, 11) is 1.85. The molecule has 1 atom stereocenters. The zero-order valence-electron chi connectivity index (χ0n) is 11.3. The molecule has 5 heteroatoms. The van der Waals surface area contributed by atoms with Gasteiger partial charge in [0, 0.05) is 44.6 Å². The lowest BCUT2D eigenvalue weighted by Gasteiger charge is -2.37. The molecule has 2 fully saturated rings. The van der Waals surface area contributed by atoms with Crippen molar-refractivity contribution in [3.8, 4) is 0 Å². The predicted molar refractivity (Wildman–Crippen MR) is 74.3 cm³/mol. The average molecular weight is 260 g/mol. The first-order valence-electron chi connectivity index (χ1n) is 6.95. The van der Waals surface area contributed by atoms with E-state index in [0.29, 0.717) is 11.7 Å². The summed E-state index contributed by atoms with van der Waals surface area (Å²) in [6.07, 6.45) is 4.17. The number of fused-ring (bicyclic) bond motifs is 1. The minimum atomic E-state index is 0.0589. The molecule has 0 bridgehead atoms. The summed E-state index contributed by atoms with van der Waals surface area (Å²) < 4.78 is 0. The number of pyridine rings is 1. The van der Waals surface area contributed by atoms with Gasteiger partial charge in [0.15, 0.2) is 0 Å². The Morgan fingerprint density at radius 1 is 1.42 bits per heavy atom. The summed E-state index contributed by atoms with van der Waals surface area (Å²) >= 11 is 0. The van der Waals surface area contributed by atoms with Crippen LogP contribution in [0.1, 0.15) is 23.3 Å². The van der Waals surface area contributed by atoms with Gasteiger partial charge in [0.1, 0.15) is 5.69 Å². The van der Waals surface area contributed by atoms with Crippen LogP contribution in [-0.2, 0) is 0 Å². The van der Waals surface area contributed by atoms with Crippen molar-refractivity contribution >= 4 is 11.6 Å². The number of hydrogen-bond donors (Lipinski definition) is 1. The van der Waals surface area contributed by atoms with Crippen LogP contribution in [0.25, 0.3) is 0 Å². The van der Waals surface area contributed by atoms with Gasteiger partial charge in [-0.1, -0.05) is 0 Å². The minimum Gasteiger partial charge on any atom is -0.388 e. The second-order valence-electron chi connectivity index (χ2n) is 5.26. The van der Waals surface area contributed by atoms with Crippen molar-refractivity contribution in [2.24, 2.45) is 0 Å². The van der Waals surface area contributed by atoms with Crippen LogP contribution >= 0.6 is 0 Å². The van der Waals surface area contributed by atoms with Crippen LogP contribution in [0.2, 0.25) is 0 Å². The summed E-state index contributed by atoms with van der Waals surface area (Å²) in [5.74, 6) is 0.0589. The number of nitrogens with one attached hydrogen (secondary N) is 1. The topological polar surface area (TPSA) is 48.5 Å². The second-order valence-corrected chi connectivity index (χ2v) is 5.26. The number of nitrogens with zero attached hydrogens (tertiary/aromatic N) is 3. The zero-order valence-corrected chi connectivity index (χ0v) is 11.3. The SMILES string of the molecule is CNc1ccnc(C(=O)N2CCN3CCCC3C2)c1. The van der Waals surface area contributed by atoms with Crippen LogP contribution in [0.4, 0.5) is 5.69 Å². The molecule has 0 spiro atoms. The Hall–Kier alpha value is -1.62. The molecule has 1 aromatic heterocycles. The lowest BCUT2D eigenvalue weighted by Crippen LogP contribution is -2.52. The normalized spacial score (nSPS) is 23.2. The Balaban J connectivity index is 1.72. The summed E-state index contributed by atoms with van der Waals surface area (Å²) in [4.78, 5) is 21.1. The molecule has 2 aliphatic heterocycles. The van der Waals surface area contributed by atoms with E-state index in [4.69, 9.17) is 0 Å².